The van der Waals surface area contributed by atoms with Gasteiger partial charge in [-0.1, -0.05) is 75.6 Å². The third-order valence-corrected chi connectivity index (χ3v) is 11.4. The summed E-state index contributed by atoms with van der Waals surface area (Å²) in [5.41, 5.74) is 2.16. The molecule has 4 amide bonds. The highest BCUT2D eigenvalue weighted by molar-refractivity contribution is 6.36. The molecule has 0 radical (unpaired) electrons. The van der Waals surface area contributed by atoms with Crippen molar-refractivity contribution >= 4 is 23.6 Å². The summed E-state index contributed by atoms with van der Waals surface area (Å²) in [4.78, 5) is 61.9. The van der Waals surface area contributed by atoms with Crippen LogP contribution in [0.2, 0.25) is 0 Å². The van der Waals surface area contributed by atoms with E-state index in [0.29, 0.717) is 57.4 Å². The maximum absolute atomic E-state index is 14.1. The van der Waals surface area contributed by atoms with Gasteiger partial charge < -0.3 is 25.1 Å². The highest BCUT2D eigenvalue weighted by Crippen LogP contribution is 2.30. The second-order valence-corrected chi connectivity index (χ2v) is 15.5. The second-order valence-electron chi connectivity index (χ2n) is 15.5. The molecule has 2 aromatic rings. The molecule has 2 aromatic carbocycles. The lowest BCUT2D eigenvalue weighted by atomic mass is 9.87. The number of piperazine rings is 2. The average molecular weight is 686 g/mol. The van der Waals surface area contributed by atoms with E-state index in [2.05, 4.69) is 36.2 Å². The summed E-state index contributed by atoms with van der Waals surface area (Å²) in [7, 11) is 0. The van der Waals surface area contributed by atoms with Gasteiger partial charge in [-0.2, -0.15) is 0 Å². The zero-order valence-corrected chi connectivity index (χ0v) is 29.8. The highest BCUT2D eigenvalue weighted by Gasteiger charge is 2.44. The third kappa shape index (κ3) is 8.68. The lowest BCUT2D eigenvalue weighted by Crippen LogP contribution is -2.65. The molecule has 10 heteroatoms. The smallest absolute Gasteiger partial charge is 0.312 e. The molecule has 1 aliphatic carbocycles. The number of rotatable bonds is 13. The fourth-order valence-electron chi connectivity index (χ4n) is 8.77. The molecule has 0 aromatic heterocycles. The molecule has 50 heavy (non-hydrogen) atoms. The molecule has 10 nitrogen and oxygen atoms in total. The standard InChI is InChI=1S/C40H55N5O5/c1-28(2)20-34(25-42-19-9-14-32(42)26-44-33(23-41-37(47)38(44)48)21-29-10-5-3-6-11-29)45-27-35(22-30-15-17-36(46)18-16-30)43(39(49)40(45)50)24-31-12-7-4-8-13-31/h3,5-6,10-11,15-18,28,31-35,46H,4,7-9,12-14,19-27H2,1-2H3,(H,41,47)/t32-,33+,34+,35+/m1/s1. The monoisotopic (exact) mass is 685 g/mol. The number of nitrogens with one attached hydrogen (secondary N) is 1. The number of aromatic hydroxyl groups is 1. The summed E-state index contributed by atoms with van der Waals surface area (Å²) in [6, 6.07) is 16.9. The molecule has 2 N–H and O–H groups in total. The first-order chi connectivity index (χ1) is 24.2. The van der Waals surface area contributed by atoms with Crippen LogP contribution in [-0.4, -0.2) is 112 Å². The minimum Gasteiger partial charge on any atom is -0.508 e. The van der Waals surface area contributed by atoms with Gasteiger partial charge in [-0.05, 0) is 86.6 Å². The van der Waals surface area contributed by atoms with Crippen molar-refractivity contribution in [1.82, 2.24) is 24.9 Å². The lowest BCUT2D eigenvalue weighted by molar-refractivity contribution is -0.162. The Morgan fingerprint density at radius 1 is 0.740 bits per heavy atom. The van der Waals surface area contributed by atoms with E-state index in [9.17, 15) is 24.3 Å². The van der Waals surface area contributed by atoms with Gasteiger partial charge in [0.15, 0.2) is 0 Å². The Balaban J connectivity index is 1.20. The normalized spacial score (nSPS) is 24.7. The van der Waals surface area contributed by atoms with Crippen molar-refractivity contribution in [2.75, 3.05) is 39.3 Å². The van der Waals surface area contributed by atoms with E-state index in [1.54, 1.807) is 17.0 Å². The van der Waals surface area contributed by atoms with Gasteiger partial charge in [0.2, 0.25) is 0 Å². The van der Waals surface area contributed by atoms with E-state index in [1.807, 2.05) is 40.1 Å². The van der Waals surface area contributed by atoms with Gasteiger partial charge in [-0.15, -0.1) is 0 Å². The van der Waals surface area contributed by atoms with Crippen LogP contribution >= 0.6 is 0 Å². The lowest BCUT2D eigenvalue weighted by Gasteiger charge is -2.46. The first-order valence-electron chi connectivity index (χ1n) is 18.9. The second kappa shape index (κ2) is 16.4. The van der Waals surface area contributed by atoms with Crippen molar-refractivity contribution in [2.45, 2.75) is 102 Å². The summed E-state index contributed by atoms with van der Waals surface area (Å²) >= 11 is 0. The highest BCUT2D eigenvalue weighted by atomic mass is 16.3. The number of hydrogen-bond acceptors (Lipinski definition) is 6. The van der Waals surface area contributed by atoms with Gasteiger partial charge in [-0.3, -0.25) is 24.1 Å². The third-order valence-electron chi connectivity index (χ3n) is 11.4. The van der Waals surface area contributed by atoms with E-state index in [-0.39, 0.29) is 29.9 Å². The molecule has 1 saturated carbocycles. The Hall–Kier alpha value is -3.92. The SMILES string of the molecule is CC(C)C[C@@H](CN1CCC[C@@H]1CN1C(=O)C(=O)NC[C@@H]1Cc1ccccc1)N1C[C@H](Cc2ccc(O)cc2)N(CC2CCCCC2)C(=O)C1=O. The largest absolute Gasteiger partial charge is 0.508 e. The zero-order valence-electron chi connectivity index (χ0n) is 29.8. The average Bonchev–Trinajstić information content (AvgIpc) is 3.55. The zero-order chi connectivity index (χ0) is 35.2. The number of carbonyl (C=O) groups excluding carboxylic acids is 4. The molecule has 0 unspecified atom stereocenters. The van der Waals surface area contributed by atoms with Gasteiger partial charge >= 0.3 is 23.6 Å². The van der Waals surface area contributed by atoms with E-state index in [0.717, 1.165) is 49.8 Å². The fourth-order valence-corrected chi connectivity index (χ4v) is 8.77. The summed E-state index contributed by atoms with van der Waals surface area (Å²) in [6.45, 7) is 7.76. The minimum atomic E-state index is -0.550. The first-order valence-corrected chi connectivity index (χ1v) is 18.9. The molecule has 0 spiro atoms. The van der Waals surface area contributed by atoms with E-state index in [4.69, 9.17) is 0 Å². The van der Waals surface area contributed by atoms with Gasteiger partial charge in [0.25, 0.3) is 0 Å². The summed E-state index contributed by atoms with van der Waals surface area (Å²) in [6.07, 6.45) is 9.68. The maximum Gasteiger partial charge on any atom is 0.312 e. The molecule has 3 saturated heterocycles. The Bertz CT molecular complexity index is 1480. The van der Waals surface area contributed by atoms with Gasteiger partial charge in [0.1, 0.15) is 5.75 Å². The van der Waals surface area contributed by atoms with Crippen LogP contribution in [0, 0.1) is 11.8 Å². The molecule has 4 aliphatic rings. The van der Waals surface area contributed by atoms with E-state index in [1.165, 1.54) is 19.3 Å². The molecule has 270 valence electrons. The number of benzene rings is 2. The van der Waals surface area contributed by atoms with Gasteiger partial charge in [0, 0.05) is 44.8 Å². The van der Waals surface area contributed by atoms with E-state index >= 15 is 0 Å². The van der Waals surface area contributed by atoms with E-state index < -0.39 is 23.6 Å². The number of nitrogens with zero attached hydrogens (tertiary/aromatic N) is 4. The van der Waals surface area contributed by atoms with Crippen LogP contribution in [0.1, 0.15) is 76.3 Å². The molecular weight excluding hydrogens is 630 g/mol. The Morgan fingerprint density at radius 3 is 2.14 bits per heavy atom. The minimum absolute atomic E-state index is 0.0592. The van der Waals surface area contributed by atoms with Crippen molar-refractivity contribution in [2.24, 2.45) is 11.8 Å². The van der Waals surface area contributed by atoms with Crippen molar-refractivity contribution in [3.8, 4) is 5.75 Å². The van der Waals surface area contributed by atoms with Crippen molar-refractivity contribution in [3.63, 3.8) is 0 Å². The number of phenolic OH excluding ortho intramolecular Hbond substituents is 1. The first kappa shape index (κ1) is 35.9. The maximum atomic E-state index is 14.1. The Labute approximate surface area is 297 Å². The van der Waals surface area contributed by atoms with Crippen molar-refractivity contribution in [1.29, 1.82) is 0 Å². The van der Waals surface area contributed by atoms with Gasteiger partial charge in [-0.25, -0.2) is 0 Å². The van der Waals surface area contributed by atoms with Crippen LogP contribution in [-0.2, 0) is 32.0 Å². The summed E-state index contributed by atoms with van der Waals surface area (Å²) in [5.74, 6) is -0.902. The van der Waals surface area contributed by atoms with Crippen LogP contribution in [0.4, 0.5) is 0 Å². The van der Waals surface area contributed by atoms with Crippen LogP contribution in [0.15, 0.2) is 54.6 Å². The molecule has 4 atom stereocenters. The van der Waals surface area contributed by atoms with Crippen LogP contribution in [0.5, 0.6) is 5.75 Å². The quantitative estimate of drug-likeness (QED) is 0.309. The van der Waals surface area contributed by atoms with Crippen LogP contribution in [0.3, 0.4) is 0 Å². The topological polar surface area (TPSA) is 114 Å². The van der Waals surface area contributed by atoms with Crippen molar-refractivity contribution < 1.29 is 24.3 Å². The van der Waals surface area contributed by atoms with Crippen LogP contribution in [0.25, 0.3) is 0 Å². The molecule has 3 aliphatic heterocycles. The fraction of sp³-hybridized carbons (Fsp3) is 0.600. The number of carbonyl (C=O) groups is 4. The molecular formula is C40H55N5O5. The molecule has 0 bridgehead atoms. The molecule has 3 heterocycles. The Kier molecular flexibility index (Phi) is 11.8. The summed E-state index contributed by atoms with van der Waals surface area (Å²) in [5, 5.41) is 12.7. The number of phenols is 1. The number of amides is 4. The predicted molar refractivity (Wildman–Crippen MR) is 192 cm³/mol. The number of likely N-dealkylation sites (tertiary alicyclic amines) is 1. The predicted octanol–water partition coefficient (Wildman–Crippen LogP) is 4.00. The van der Waals surface area contributed by atoms with Crippen LogP contribution < -0.4 is 5.32 Å². The Morgan fingerprint density at radius 2 is 1.42 bits per heavy atom. The molecule has 6 rings (SSSR count). The van der Waals surface area contributed by atoms with Gasteiger partial charge in [0.05, 0.1) is 12.1 Å². The van der Waals surface area contributed by atoms with Crippen molar-refractivity contribution in [3.05, 3.63) is 65.7 Å². The number of hydrogen-bond donors (Lipinski definition) is 2. The summed E-state index contributed by atoms with van der Waals surface area (Å²) < 4.78 is 0. The molecule has 4 fully saturated rings.